The fourth-order valence-electron chi connectivity index (χ4n) is 4.32. The highest BCUT2D eigenvalue weighted by Crippen LogP contribution is 2.32. The summed E-state index contributed by atoms with van der Waals surface area (Å²) in [7, 11) is 0. The van der Waals surface area contributed by atoms with Gasteiger partial charge in [0.2, 0.25) is 5.96 Å². The number of nitrogens with zero attached hydrogens (tertiary/aromatic N) is 3. The van der Waals surface area contributed by atoms with Gasteiger partial charge in [-0.25, -0.2) is 9.98 Å². The van der Waals surface area contributed by atoms with Crippen LogP contribution in [0.5, 0.6) is 5.75 Å². The Morgan fingerprint density at radius 3 is 2.64 bits per heavy atom. The number of benzene rings is 1. The van der Waals surface area contributed by atoms with Gasteiger partial charge in [-0.05, 0) is 93.8 Å². The van der Waals surface area contributed by atoms with E-state index in [0.717, 1.165) is 50.1 Å². The second-order valence-corrected chi connectivity index (χ2v) is 9.18. The molecule has 1 aliphatic heterocycles. The number of aliphatic carboxylic acids is 1. The van der Waals surface area contributed by atoms with Crippen LogP contribution in [0.25, 0.3) is 5.57 Å². The highest BCUT2D eigenvalue weighted by Gasteiger charge is 2.23. The molecular formula is C27H37N3O3. The molecule has 3 rings (SSSR count). The predicted octanol–water partition coefficient (Wildman–Crippen LogP) is 5.72. The molecule has 0 amide bonds. The molecule has 6 heteroatoms. The summed E-state index contributed by atoms with van der Waals surface area (Å²) in [5.41, 5.74) is 4.76. The van der Waals surface area contributed by atoms with Crippen molar-refractivity contribution in [3.8, 4) is 5.75 Å². The van der Waals surface area contributed by atoms with Gasteiger partial charge in [-0.15, -0.1) is 0 Å². The van der Waals surface area contributed by atoms with Crippen LogP contribution in [0.3, 0.4) is 0 Å². The van der Waals surface area contributed by atoms with Gasteiger partial charge < -0.3 is 14.7 Å². The molecule has 6 nitrogen and oxygen atoms in total. The van der Waals surface area contributed by atoms with Gasteiger partial charge in [-0.3, -0.25) is 4.79 Å². The van der Waals surface area contributed by atoms with E-state index in [0.29, 0.717) is 31.3 Å². The van der Waals surface area contributed by atoms with Crippen molar-refractivity contribution in [2.75, 3.05) is 19.7 Å². The first kappa shape index (κ1) is 24.7. The fraction of sp³-hybridized carbons (Fsp3) is 0.519. The first-order valence-corrected chi connectivity index (χ1v) is 12.0. The summed E-state index contributed by atoms with van der Waals surface area (Å²) < 4.78 is 6.19. The Hall–Kier alpha value is -2.89. The standard InChI is InChI=1S/C27H37N3O3/c1-5-19(2)17-29-27(28-4)30-14-12-21(13-15-30)18-33-25-11-10-24(16-20(25)3)22-6-8-23(9-7-22)26(31)32/h6,10-11,16-17,21,23H,4-5,7-9,12-15,18H2,1-3H3,(H,31,32)/b19-17+,29-27+. The number of carbonyl (C=O) groups is 1. The number of aliphatic imine (C=N–C) groups is 2. The van der Waals surface area contributed by atoms with Crippen LogP contribution in [-0.2, 0) is 4.79 Å². The fourth-order valence-corrected chi connectivity index (χ4v) is 4.32. The maximum Gasteiger partial charge on any atom is 0.306 e. The Kier molecular flexibility index (Phi) is 8.87. The molecule has 0 spiro atoms. The number of piperidine rings is 1. The number of carboxylic acid groups (broad SMARTS) is 1. The number of aryl methyl sites for hydroxylation is 1. The first-order chi connectivity index (χ1) is 15.9. The Bertz CT molecular complexity index is 940. The minimum absolute atomic E-state index is 0.245. The molecule has 1 heterocycles. The van der Waals surface area contributed by atoms with E-state index in [1.807, 2.05) is 6.20 Å². The lowest BCUT2D eigenvalue weighted by Gasteiger charge is -2.32. The van der Waals surface area contributed by atoms with Gasteiger partial charge >= 0.3 is 5.97 Å². The summed E-state index contributed by atoms with van der Waals surface area (Å²) in [5.74, 6) is 1.21. The molecule has 178 valence electrons. The Morgan fingerprint density at radius 1 is 1.30 bits per heavy atom. The third-order valence-corrected chi connectivity index (χ3v) is 6.78. The minimum Gasteiger partial charge on any atom is -0.493 e. The van der Waals surface area contributed by atoms with Crippen molar-refractivity contribution >= 4 is 24.2 Å². The summed E-state index contributed by atoms with van der Waals surface area (Å²) in [5, 5.41) is 9.19. The highest BCUT2D eigenvalue weighted by molar-refractivity contribution is 5.84. The zero-order valence-corrected chi connectivity index (χ0v) is 20.2. The van der Waals surface area contributed by atoms with Crippen LogP contribution in [0.1, 0.15) is 63.5 Å². The van der Waals surface area contributed by atoms with Gasteiger partial charge in [0.15, 0.2) is 0 Å². The van der Waals surface area contributed by atoms with Crippen molar-refractivity contribution in [2.24, 2.45) is 21.8 Å². The normalized spacial score (nSPS) is 20.4. The Balaban J connectivity index is 1.51. The Morgan fingerprint density at radius 2 is 2.06 bits per heavy atom. The first-order valence-electron chi connectivity index (χ1n) is 12.0. The minimum atomic E-state index is -0.691. The van der Waals surface area contributed by atoms with Crippen LogP contribution in [0.15, 0.2) is 46.0 Å². The van der Waals surface area contributed by atoms with Crippen LogP contribution < -0.4 is 4.74 Å². The second kappa shape index (κ2) is 11.8. The van der Waals surface area contributed by atoms with E-state index in [1.165, 1.54) is 16.7 Å². The van der Waals surface area contributed by atoms with Gasteiger partial charge in [-0.2, -0.15) is 0 Å². The molecule has 1 aliphatic carbocycles. The van der Waals surface area contributed by atoms with Crippen molar-refractivity contribution in [3.05, 3.63) is 47.2 Å². The summed E-state index contributed by atoms with van der Waals surface area (Å²) in [4.78, 5) is 22.0. The van der Waals surface area contributed by atoms with Crippen LogP contribution in [-0.4, -0.2) is 48.3 Å². The third kappa shape index (κ3) is 6.80. The topological polar surface area (TPSA) is 74.5 Å². The Labute approximate surface area is 197 Å². The molecule has 1 atom stereocenters. The van der Waals surface area contributed by atoms with E-state index in [9.17, 15) is 9.90 Å². The van der Waals surface area contributed by atoms with Crippen LogP contribution in [0.2, 0.25) is 0 Å². The van der Waals surface area contributed by atoms with Gasteiger partial charge in [0, 0.05) is 19.3 Å². The van der Waals surface area contributed by atoms with Crippen molar-refractivity contribution in [2.45, 2.75) is 59.3 Å². The SMILES string of the molecule is C=N/C(=N\C=C(/C)CC)N1CCC(COc2ccc(C3=CCC(C(=O)O)CC3)cc2C)CC1. The number of guanidine groups is 1. The third-order valence-electron chi connectivity index (χ3n) is 6.78. The summed E-state index contributed by atoms with van der Waals surface area (Å²) in [6.45, 7) is 12.5. The number of allylic oxidation sites excluding steroid dienone is 3. The molecule has 1 N–H and O–H groups in total. The van der Waals surface area contributed by atoms with Crippen molar-refractivity contribution in [3.63, 3.8) is 0 Å². The molecule has 1 unspecified atom stereocenters. The molecular weight excluding hydrogens is 414 g/mol. The van der Waals surface area contributed by atoms with Gasteiger partial charge in [0.05, 0.1) is 12.5 Å². The second-order valence-electron chi connectivity index (χ2n) is 9.18. The number of hydrogen-bond donors (Lipinski definition) is 1. The summed E-state index contributed by atoms with van der Waals surface area (Å²) in [6.07, 6.45) is 9.17. The zero-order chi connectivity index (χ0) is 23.8. The number of likely N-dealkylation sites (tertiary alicyclic amines) is 1. The van der Waals surface area contributed by atoms with Crippen LogP contribution >= 0.6 is 0 Å². The maximum absolute atomic E-state index is 11.2. The maximum atomic E-state index is 11.2. The molecule has 33 heavy (non-hydrogen) atoms. The summed E-state index contributed by atoms with van der Waals surface area (Å²) >= 11 is 0. The van der Waals surface area contributed by atoms with Gasteiger partial charge in [0.25, 0.3) is 0 Å². The van der Waals surface area contributed by atoms with E-state index in [-0.39, 0.29) is 5.92 Å². The van der Waals surface area contributed by atoms with E-state index in [1.54, 1.807) is 0 Å². The highest BCUT2D eigenvalue weighted by atomic mass is 16.5. The number of ether oxygens (including phenoxy) is 1. The molecule has 0 radical (unpaired) electrons. The molecule has 1 fully saturated rings. The van der Waals surface area contributed by atoms with E-state index >= 15 is 0 Å². The van der Waals surface area contributed by atoms with Crippen molar-refractivity contribution < 1.29 is 14.6 Å². The number of carboxylic acids is 1. The molecule has 2 aliphatic rings. The lowest BCUT2D eigenvalue weighted by Crippen LogP contribution is -2.38. The average Bonchev–Trinajstić information content (AvgIpc) is 2.84. The largest absolute Gasteiger partial charge is 0.493 e. The number of rotatable bonds is 7. The molecule has 1 aromatic rings. The summed E-state index contributed by atoms with van der Waals surface area (Å²) in [6, 6.07) is 6.32. The number of hydrogen-bond acceptors (Lipinski definition) is 3. The van der Waals surface area contributed by atoms with Crippen LogP contribution in [0.4, 0.5) is 0 Å². The molecule has 0 bridgehead atoms. The van der Waals surface area contributed by atoms with E-state index in [2.05, 4.69) is 66.6 Å². The lowest BCUT2D eigenvalue weighted by molar-refractivity contribution is -0.141. The molecule has 1 aromatic carbocycles. The monoisotopic (exact) mass is 451 g/mol. The van der Waals surface area contributed by atoms with Gasteiger partial charge in [-0.1, -0.05) is 24.6 Å². The van der Waals surface area contributed by atoms with Crippen molar-refractivity contribution in [1.82, 2.24) is 4.90 Å². The lowest BCUT2D eigenvalue weighted by atomic mass is 9.86. The molecule has 1 saturated heterocycles. The van der Waals surface area contributed by atoms with Crippen LogP contribution in [0, 0.1) is 18.8 Å². The average molecular weight is 452 g/mol. The van der Waals surface area contributed by atoms with E-state index in [4.69, 9.17) is 4.74 Å². The molecule has 0 aromatic heterocycles. The molecule has 0 saturated carbocycles. The van der Waals surface area contributed by atoms with E-state index < -0.39 is 5.97 Å². The van der Waals surface area contributed by atoms with Crippen molar-refractivity contribution in [1.29, 1.82) is 0 Å². The predicted molar refractivity (Wildman–Crippen MR) is 135 cm³/mol. The smallest absolute Gasteiger partial charge is 0.306 e. The van der Waals surface area contributed by atoms with Gasteiger partial charge in [0.1, 0.15) is 5.75 Å². The quantitative estimate of drug-likeness (QED) is 0.425. The zero-order valence-electron chi connectivity index (χ0n) is 20.2.